The number of carbonyl (C=O) groups is 2. The highest BCUT2D eigenvalue weighted by Crippen LogP contribution is 2.35. The van der Waals surface area contributed by atoms with Crippen molar-refractivity contribution in [3.8, 4) is 0 Å². The van der Waals surface area contributed by atoms with Crippen molar-refractivity contribution in [1.82, 2.24) is 0 Å². The van der Waals surface area contributed by atoms with Crippen LogP contribution in [-0.2, 0) is 9.59 Å². The molecule has 0 unspecified atom stereocenters. The number of nitrogens with one attached hydrogen (secondary N) is 1. The summed E-state index contributed by atoms with van der Waals surface area (Å²) >= 11 is 0. The lowest BCUT2D eigenvalue weighted by atomic mass is 10.0. The van der Waals surface area contributed by atoms with Gasteiger partial charge in [0.25, 0.3) is 11.8 Å². The van der Waals surface area contributed by atoms with Crippen molar-refractivity contribution in [2.75, 3.05) is 48.2 Å². The van der Waals surface area contributed by atoms with Crippen LogP contribution in [0.4, 0.5) is 27.1 Å². The van der Waals surface area contributed by atoms with Crippen LogP contribution in [0.1, 0.15) is 5.56 Å². The van der Waals surface area contributed by atoms with Crippen LogP contribution in [0.25, 0.3) is 5.57 Å². The number of amides is 2. The molecule has 0 spiro atoms. The SMILES string of the molecule is CN(C)c1ccc(NC2=C(c3ccc(F)cc3)C(=O)N(c3cccc(N(C)C)c3)C2=O)cc1. The van der Waals surface area contributed by atoms with Crippen molar-refractivity contribution in [1.29, 1.82) is 0 Å². The van der Waals surface area contributed by atoms with E-state index in [-0.39, 0.29) is 11.3 Å². The average Bonchev–Trinajstić information content (AvgIpc) is 3.04. The Morgan fingerprint density at radius 2 is 1.39 bits per heavy atom. The van der Waals surface area contributed by atoms with E-state index >= 15 is 0 Å². The van der Waals surface area contributed by atoms with Gasteiger partial charge in [0, 0.05) is 45.3 Å². The summed E-state index contributed by atoms with van der Waals surface area (Å²) in [7, 11) is 7.66. The van der Waals surface area contributed by atoms with Gasteiger partial charge in [0.1, 0.15) is 11.5 Å². The van der Waals surface area contributed by atoms with Gasteiger partial charge in [-0.15, -0.1) is 0 Å². The second kappa shape index (κ2) is 8.78. The van der Waals surface area contributed by atoms with E-state index in [2.05, 4.69) is 5.32 Å². The third-order valence-corrected chi connectivity index (χ3v) is 5.47. The van der Waals surface area contributed by atoms with Crippen LogP contribution in [0.5, 0.6) is 0 Å². The molecular weight excluding hydrogens is 419 g/mol. The Morgan fingerprint density at radius 1 is 0.758 bits per heavy atom. The predicted molar refractivity (Wildman–Crippen MR) is 131 cm³/mol. The molecule has 1 N–H and O–H groups in total. The summed E-state index contributed by atoms with van der Waals surface area (Å²) in [6.45, 7) is 0. The van der Waals surface area contributed by atoms with Gasteiger partial charge in [-0.2, -0.15) is 0 Å². The maximum atomic E-state index is 13.6. The summed E-state index contributed by atoms with van der Waals surface area (Å²) in [6, 6.07) is 20.3. The van der Waals surface area contributed by atoms with Crippen molar-refractivity contribution in [3.63, 3.8) is 0 Å². The Hall–Kier alpha value is -4.13. The van der Waals surface area contributed by atoms with Crippen molar-refractivity contribution in [2.24, 2.45) is 0 Å². The molecule has 2 amide bonds. The smallest absolute Gasteiger partial charge is 0.282 e. The second-order valence-corrected chi connectivity index (χ2v) is 8.18. The minimum atomic E-state index is -0.466. The molecule has 0 aliphatic carbocycles. The Kier molecular flexibility index (Phi) is 5.87. The fraction of sp³-hybridized carbons (Fsp3) is 0.154. The molecule has 0 bridgehead atoms. The first-order valence-electron chi connectivity index (χ1n) is 10.5. The summed E-state index contributed by atoms with van der Waals surface area (Å²) in [5.41, 5.74) is 3.82. The average molecular weight is 445 g/mol. The number of halogens is 1. The summed E-state index contributed by atoms with van der Waals surface area (Å²) < 4.78 is 13.6. The predicted octanol–water partition coefficient (Wildman–Crippen LogP) is 4.35. The quantitative estimate of drug-likeness (QED) is 0.573. The number of anilines is 4. The lowest BCUT2D eigenvalue weighted by Gasteiger charge is -2.19. The molecule has 0 atom stereocenters. The van der Waals surface area contributed by atoms with Crippen LogP contribution in [0.3, 0.4) is 0 Å². The molecule has 1 aliphatic heterocycles. The van der Waals surface area contributed by atoms with E-state index in [0.717, 1.165) is 16.3 Å². The van der Waals surface area contributed by atoms with Crippen LogP contribution >= 0.6 is 0 Å². The topological polar surface area (TPSA) is 55.9 Å². The van der Waals surface area contributed by atoms with Crippen molar-refractivity contribution in [2.45, 2.75) is 0 Å². The molecule has 7 heteroatoms. The Morgan fingerprint density at radius 3 is 2.00 bits per heavy atom. The van der Waals surface area contributed by atoms with Crippen LogP contribution in [0.2, 0.25) is 0 Å². The van der Waals surface area contributed by atoms with E-state index in [0.29, 0.717) is 16.9 Å². The Bertz CT molecular complexity index is 1230. The second-order valence-electron chi connectivity index (χ2n) is 8.18. The molecule has 168 valence electrons. The van der Waals surface area contributed by atoms with Gasteiger partial charge in [0.05, 0.1) is 11.3 Å². The molecule has 0 saturated carbocycles. The standard InChI is InChI=1S/C26H25FN4O2/c1-29(2)20-14-12-19(13-15-20)28-24-23(17-8-10-18(27)11-9-17)25(32)31(26(24)33)22-7-5-6-21(16-22)30(3)4/h5-16,28H,1-4H3. The first-order valence-corrected chi connectivity index (χ1v) is 10.5. The number of hydrogen-bond donors (Lipinski definition) is 1. The minimum Gasteiger partial charge on any atom is -0.378 e. The molecule has 1 aliphatic rings. The first kappa shape index (κ1) is 22.1. The van der Waals surface area contributed by atoms with Crippen molar-refractivity contribution in [3.05, 3.63) is 89.9 Å². The fourth-order valence-electron chi connectivity index (χ4n) is 3.66. The lowest BCUT2D eigenvalue weighted by Crippen LogP contribution is -2.32. The number of benzene rings is 3. The third kappa shape index (κ3) is 4.30. The summed E-state index contributed by atoms with van der Waals surface area (Å²) in [5.74, 6) is -1.35. The van der Waals surface area contributed by atoms with Gasteiger partial charge < -0.3 is 15.1 Å². The highest BCUT2D eigenvalue weighted by atomic mass is 19.1. The normalized spacial score (nSPS) is 13.5. The van der Waals surface area contributed by atoms with Crippen LogP contribution < -0.4 is 20.0 Å². The number of imide groups is 1. The van der Waals surface area contributed by atoms with Gasteiger partial charge in [-0.05, 0) is 60.2 Å². The number of carbonyl (C=O) groups excluding carboxylic acids is 2. The molecule has 3 aromatic carbocycles. The first-order chi connectivity index (χ1) is 15.8. The van der Waals surface area contributed by atoms with Gasteiger partial charge in [-0.1, -0.05) is 18.2 Å². The maximum Gasteiger partial charge on any atom is 0.282 e. The fourth-order valence-corrected chi connectivity index (χ4v) is 3.66. The summed E-state index contributed by atoms with van der Waals surface area (Å²) in [5, 5.41) is 3.13. The van der Waals surface area contributed by atoms with Gasteiger partial charge in [0.2, 0.25) is 0 Å². The van der Waals surface area contributed by atoms with Gasteiger partial charge in [-0.25, -0.2) is 9.29 Å². The van der Waals surface area contributed by atoms with Crippen molar-refractivity contribution >= 4 is 40.1 Å². The third-order valence-electron chi connectivity index (χ3n) is 5.47. The largest absolute Gasteiger partial charge is 0.378 e. The molecule has 6 nitrogen and oxygen atoms in total. The molecule has 0 saturated heterocycles. The number of rotatable bonds is 6. The molecule has 1 heterocycles. The summed E-state index contributed by atoms with van der Waals surface area (Å²) in [6.07, 6.45) is 0. The zero-order chi connectivity index (χ0) is 23.7. The monoisotopic (exact) mass is 444 g/mol. The maximum absolute atomic E-state index is 13.6. The minimum absolute atomic E-state index is 0.152. The van der Waals surface area contributed by atoms with Crippen molar-refractivity contribution < 1.29 is 14.0 Å². The van der Waals surface area contributed by atoms with Gasteiger partial charge in [0.15, 0.2) is 0 Å². The van der Waals surface area contributed by atoms with E-state index in [1.807, 2.05) is 68.3 Å². The Labute approximate surface area is 192 Å². The summed E-state index contributed by atoms with van der Waals surface area (Å²) in [4.78, 5) is 32.1. The number of hydrogen-bond acceptors (Lipinski definition) is 5. The number of nitrogens with zero attached hydrogens (tertiary/aromatic N) is 3. The van der Waals surface area contributed by atoms with Crippen LogP contribution in [0, 0.1) is 5.82 Å². The molecule has 0 radical (unpaired) electrons. The van der Waals surface area contributed by atoms with E-state index in [1.165, 1.54) is 24.3 Å². The van der Waals surface area contributed by atoms with Crippen LogP contribution in [0.15, 0.2) is 78.5 Å². The molecule has 0 fully saturated rings. The van der Waals surface area contributed by atoms with E-state index in [4.69, 9.17) is 0 Å². The van der Waals surface area contributed by atoms with Gasteiger partial charge in [-0.3, -0.25) is 9.59 Å². The van der Waals surface area contributed by atoms with Crippen LogP contribution in [-0.4, -0.2) is 40.0 Å². The Balaban J connectivity index is 1.78. The van der Waals surface area contributed by atoms with Gasteiger partial charge >= 0.3 is 0 Å². The zero-order valence-corrected chi connectivity index (χ0v) is 19.0. The van der Waals surface area contributed by atoms with E-state index in [9.17, 15) is 14.0 Å². The lowest BCUT2D eigenvalue weighted by molar-refractivity contribution is -0.120. The molecular formula is C26H25FN4O2. The highest BCUT2D eigenvalue weighted by molar-refractivity contribution is 6.46. The highest BCUT2D eigenvalue weighted by Gasteiger charge is 2.40. The zero-order valence-electron chi connectivity index (χ0n) is 19.0. The molecule has 3 aromatic rings. The van der Waals surface area contributed by atoms with E-state index < -0.39 is 17.6 Å². The molecule has 4 rings (SSSR count). The van der Waals surface area contributed by atoms with E-state index in [1.54, 1.807) is 18.2 Å². The molecule has 33 heavy (non-hydrogen) atoms. The molecule has 0 aromatic heterocycles.